The predicted molar refractivity (Wildman–Crippen MR) is 110 cm³/mol. The van der Waals surface area contributed by atoms with E-state index in [1.165, 1.54) is 23.1 Å². The second kappa shape index (κ2) is 8.56. The van der Waals surface area contributed by atoms with Crippen LogP contribution in [0.3, 0.4) is 0 Å². The second-order valence-electron chi connectivity index (χ2n) is 7.65. The van der Waals surface area contributed by atoms with Crippen LogP contribution in [-0.4, -0.2) is 32.6 Å². The Hall–Kier alpha value is -1.35. The standard InChI is InChI=1S/C23H30ClNO/c1-25(2)17-7-16-23(26-3)21-10-5-4-8-18(21)9-6-11-22(23)19-12-14-20(24)15-13-19/h4-5,8,10,12-15,22H,6-7,9,11,16-17H2,1-3H3/t22-,23-/m1/s1. The van der Waals surface area contributed by atoms with E-state index in [2.05, 4.69) is 55.4 Å². The molecule has 2 aromatic carbocycles. The Bertz CT molecular complexity index is 712. The van der Waals surface area contributed by atoms with Crippen molar-refractivity contribution in [2.45, 2.75) is 43.6 Å². The minimum absolute atomic E-state index is 0.281. The van der Waals surface area contributed by atoms with Crippen LogP contribution in [0.2, 0.25) is 5.02 Å². The van der Waals surface area contributed by atoms with E-state index in [0.717, 1.165) is 37.3 Å². The maximum atomic E-state index is 6.41. The summed E-state index contributed by atoms with van der Waals surface area (Å²) in [4.78, 5) is 2.25. The minimum atomic E-state index is -0.281. The summed E-state index contributed by atoms with van der Waals surface area (Å²) in [6, 6.07) is 17.2. The van der Waals surface area contributed by atoms with Crippen molar-refractivity contribution in [2.75, 3.05) is 27.7 Å². The highest BCUT2D eigenvalue weighted by Gasteiger charge is 2.43. The molecule has 0 N–H and O–H groups in total. The molecular formula is C23H30ClNO. The Balaban J connectivity index is 2.06. The number of aryl methyl sites for hydroxylation is 1. The van der Waals surface area contributed by atoms with Crippen molar-refractivity contribution in [1.82, 2.24) is 4.90 Å². The Kier molecular flexibility index (Phi) is 6.39. The van der Waals surface area contributed by atoms with Gasteiger partial charge in [0.15, 0.2) is 0 Å². The van der Waals surface area contributed by atoms with Crippen molar-refractivity contribution < 1.29 is 4.74 Å². The molecule has 0 amide bonds. The lowest BCUT2D eigenvalue weighted by Gasteiger charge is -2.41. The zero-order valence-electron chi connectivity index (χ0n) is 16.2. The first kappa shape index (κ1) is 19.4. The summed E-state index contributed by atoms with van der Waals surface area (Å²) in [5.41, 5.74) is 3.86. The molecular weight excluding hydrogens is 342 g/mol. The van der Waals surface area contributed by atoms with E-state index in [0.29, 0.717) is 5.92 Å². The molecule has 26 heavy (non-hydrogen) atoms. The van der Waals surface area contributed by atoms with Crippen LogP contribution in [0.4, 0.5) is 0 Å². The van der Waals surface area contributed by atoms with Crippen LogP contribution in [0.15, 0.2) is 48.5 Å². The van der Waals surface area contributed by atoms with Crippen LogP contribution >= 0.6 is 11.6 Å². The molecule has 2 nitrogen and oxygen atoms in total. The van der Waals surface area contributed by atoms with Gasteiger partial charge in [0.1, 0.15) is 0 Å². The third-order valence-corrected chi connectivity index (χ3v) is 6.02. The molecule has 0 heterocycles. The highest BCUT2D eigenvalue weighted by Crippen LogP contribution is 2.49. The molecule has 2 atom stereocenters. The molecule has 0 unspecified atom stereocenters. The monoisotopic (exact) mass is 371 g/mol. The van der Waals surface area contributed by atoms with Crippen LogP contribution in [-0.2, 0) is 16.8 Å². The number of hydrogen-bond donors (Lipinski definition) is 0. The van der Waals surface area contributed by atoms with Crippen molar-refractivity contribution in [2.24, 2.45) is 0 Å². The third kappa shape index (κ3) is 3.98. The van der Waals surface area contributed by atoms with E-state index in [1.54, 1.807) is 0 Å². The molecule has 0 aliphatic heterocycles. The van der Waals surface area contributed by atoms with E-state index < -0.39 is 0 Å². The Labute approximate surface area is 163 Å². The maximum absolute atomic E-state index is 6.41. The highest BCUT2D eigenvalue weighted by atomic mass is 35.5. The Morgan fingerprint density at radius 2 is 1.85 bits per heavy atom. The SMILES string of the molecule is CO[C@]1(CCCN(C)C)c2ccccc2CCC[C@@H]1c1ccc(Cl)cc1. The number of fused-ring (bicyclic) bond motifs is 1. The first-order valence-electron chi connectivity index (χ1n) is 9.60. The van der Waals surface area contributed by atoms with Gasteiger partial charge in [0.05, 0.1) is 5.60 Å². The lowest BCUT2D eigenvalue weighted by Crippen LogP contribution is -2.36. The van der Waals surface area contributed by atoms with Gasteiger partial charge in [-0.2, -0.15) is 0 Å². The molecule has 0 bridgehead atoms. The van der Waals surface area contributed by atoms with Crippen molar-refractivity contribution in [3.05, 3.63) is 70.2 Å². The number of nitrogens with zero attached hydrogens (tertiary/aromatic N) is 1. The van der Waals surface area contributed by atoms with Gasteiger partial charge in [0.25, 0.3) is 0 Å². The average molecular weight is 372 g/mol. The average Bonchev–Trinajstić information content (AvgIpc) is 2.80. The number of ether oxygens (including phenoxy) is 1. The van der Waals surface area contributed by atoms with Gasteiger partial charge in [0.2, 0.25) is 0 Å². The maximum Gasteiger partial charge on any atom is 0.0998 e. The zero-order valence-corrected chi connectivity index (χ0v) is 16.9. The van der Waals surface area contributed by atoms with Crippen LogP contribution in [0.1, 0.15) is 48.3 Å². The molecule has 140 valence electrons. The first-order chi connectivity index (χ1) is 12.6. The Morgan fingerprint density at radius 1 is 1.12 bits per heavy atom. The summed E-state index contributed by atoms with van der Waals surface area (Å²) >= 11 is 6.15. The molecule has 1 aliphatic carbocycles. The summed E-state index contributed by atoms with van der Waals surface area (Å²) in [6.45, 7) is 1.07. The predicted octanol–water partition coefficient (Wildman–Crippen LogP) is 5.64. The zero-order chi connectivity index (χ0) is 18.6. The normalized spacial score (nSPS) is 22.9. The smallest absolute Gasteiger partial charge is 0.0998 e. The second-order valence-corrected chi connectivity index (χ2v) is 8.09. The molecule has 0 radical (unpaired) electrons. The lowest BCUT2D eigenvalue weighted by atomic mass is 9.73. The molecule has 3 rings (SSSR count). The van der Waals surface area contributed by atoms with E-state index >= 15 is 0 Å². The topological polar surface area (TPSA) is 12.5 Å². The molecule has 1 aliphatic rings. The summed E-state index contributed by atoms with van der Waals surface area (Å²) < 4.78 is 6.41. The van der Waals surface area contributed by atoms with E-state index in [1.807, 2.05) is 19.2 Å². The van der Waals surface area contributed by atoms with Gasteiger partial charge >= 0.3 is 0 Å². The number of methoxy groups -OCH3 is 1. The number of rotatable bonds is 6. The number of benzene rings is 2. The van der Waals surface area contributed by atoms with Crippen molar-refractivity contribution in [3.63, 3.8) is 0 Å². The molecule has 0 fully saturated rings. The van der Waals surface area contributed by atoms with E-state index in [-0.39, 0.29) is 5.60 Å². The van der Waals surface area contributed by atoms with Crippen LogP contribution < -0.4 is 0 Å². The lowest BCUT2D eigenvalue weighted by molar-refractivity contribution is -0.0494. The van der Waals surface area contributed by atoms with Gasteiger partial charge < -0.3 is 9.64 Å². The first-order valence-corrected chi connectivity index (χ1v) is 9.98. The van der Waals surface area contributed by atoms with Gasteiger partial charge in [-0.25, -0.2) is 0 Å². The fourth-order valence-corrected chi connectivity index (χ4v) is 4.65. The van der Waals surface area contributed by atoms with Gasteiger partial charge in [0, 0.05) is 18.1 Å². The molecule has 0 aromatic heterocycles. The Morgan fingerprint density at radius 3 is 2.54 bits per heavy atom. The van der Waals surface area contributed by atoms with Crippen molar-refractivity contribution >= 4 is 11.6 Å². The highest BCUT2D eigenvalue weighted by molar-refractivity contribution is 6.30. The fourth-order valence-electron chi connectivity index (χ4n) is 4.52. The van der Waals surface area contributed by atoms with Gasteiger partial charge in [-0.15, -0.1) is 0 Å². The molecule has 0 saturated carbocycles. The van der Waals surface area contributed by atoms with Crippen LogP contribution in [0.25, 0.3) is 0 Å². The third-order valence-electron chi connectivity index (χ3n) is 5.77. The van der Waals surface area contributed by atoms with E-state index in [9.17, 15) is 0 Å². The van der Waals surface area contributed by atoms with E-state index in [4.69, 9.17) is 16.3 Å². The molecule has 3 heteroatoms. The minimum Gasteiger partial charge on any atom is -0.373 e. The summed E-state index contributed by atoms with van der Waals surface area (Å²) in [5, 5.41) is 0.790. The molecule has 2 aromatic rings. The van der Waals surface area contributed by atoms with Crippen LogP contribution in [0, 0.1) is 0 Å². The van der Waals surface area contributed by atoms with Crippen molar-refractivity contribution in [1.29, 1.82) is 0 Å². The fraction of sp³-hybridized carbons (Fsp3) is 0.478. The number of hydrogen-bond acceptors (Lipinski definition) is 2. The van der Waals surface area contributed by atoms with Gasteiger partial charge in [-0.1, -0.05) is 48.0 Å². The van der Waals surface area contributed by atoms with Crippen molar-refractivity contribution in [3.8, 4) is 0 Å². The summed E-state index contributed by atoms with van der Waals surface area (Å²) in [5.74, 6) is 0.343. The number of halogens is 1. The summed E-state index contributed by atoms with van der Waals surface area (Å²) in [6.07, 6.45) is 5.57. The van der Waals surface area contributed by atoms with Gasteiger partial charge in [-0.05, 0) is 81.6 Å². The quantitative estimate of drug-likeness (QED) is 0.609. The summed E-state index contributed by atoms with van der Waals surface area (Å²) in [7, 11) is 6.16. The van der Waals surface area contributed by atoms with Crippen LogP contribution in [0.5, 0.6) is 0 Å². The molecule has 0 saturated heterocycles. The molecule has 0 spiro atoms. The van der Waals surface area contributed by atoms with Gasteiger partial charge in [-0.3, -0.25) is 0 Å². The largest absolute Gasteiger partial charge is 0.373 e.